The molecule has 0 aliphatic rings. The monoisotopic (exact) mass is 219 g/mol. The summed E-state index contributed by atoms with van der Waals surface area (Å²) >= 11 is 1.73. The molecule has 0 saturated carbocycles. The summed E-state index contributed by atoms with van der Waals surface area (Å²) in [7, 11) is 0. The average molecular weight is 219 g/mol. The Morgan fingerprint density at radius 3 is 2.60 bits per heavy atom. The first-order chi connectivity index (χ1) is 7.24. The highest BCUT2D eigenvalue weighted by Crippen LogP contribution is 2.24. The van der Waals surface area contributed by atoms with Crippen LogP contribution in [0.5, 0.6) is 0 Å². The fourth-order valence-corrected chi connectivity index (χ4v) is 2.34. The first kappa shape index (κ1) is 10.2. The molecule has 2 aromatic heterocycles. The molecule has 0 atom stereocenters. The van der Waals surface area contributed by atoms with Gasteiger partial charge in [-0.15, -0.1) is 11.8 Å². The Hall–Kier alpha value is -1.29. The van der Waals surface area contributed by atoms with Crippen LogP contribution < -0.4 is 0 Å². The molecule has 0 unspecified atom stereocenters. The van der Waals surface area contributed by atoms with Crippen LogP contribution >= 0.6 is 11.8 Å². The molecule has 4 heteroatoms. The Morgan fingerprint density at radius 2 is 2.07 bits per heavy atom. The van der Waals surface area contributed by atoms with Crippen molar-refractivity contribution in [2.24, 2.45) is 0 Å². The zero-order valence-electron chi connectivity index (χ0n) is 9.06. The lowest BCUT2D eigenvalue weighted by Crippen LogP contribution is -2.00. The van der Waals surface area contributed by atoms with Gasteiger partial charge in [-0.05, 0) is 32.2 Å². The van der Waals surface area contributed by atoms with Crippen molar-refractivity contribution in [3.05, 3.63) is 35.8 Å². The predicted octanol–water partition coefficient (Wildman–Crippen LogP) is 2.61. The van der Waals surface area contributed by atoms with Crippen LogP contribution in [-0.4, -0.2) is 21.0 Å². The molecule has 0 amide bonds. The fourth-order valence-electron chi connectivity index (χ4n) is 1.63. The third kappa shape index (κ3) is 1.77. The minimum Gasteiger partial charge on any atom is -0.237 e. The van der Waals surface area contributed by atoms with Crippen LogP contribution in [-0.2, 0) is 0 Å². The molecule has 0 spiro atoms. The number of nitrogens with zero attached hydrogens (tertiary/aromatic N) is 3. The molecule has 3 nitrogen and oxygen atoms in total. The summed E-state index contributed by atoms with van der Waals surface area (Å²) in [4.78, 5) is 5.53. The van der Waals surface area contributed by atoms with Crippen LogP contribution in [0, 0.1) is 13.8 Å². The van der Waals surface area contributed by atoms with Crippen LogP contribution in [0.2, 0.25) is 0 Å². The summed E-state index contributed by atoms with van der Waals surface area (Å²) in [5, 5.41) is 4.48. The SMILES string of the molecule is CSc1c(C)nn(-c2ccccn2)c1C. The minimum atomic E-state index is 0.874. The summed E-state index contributed by atoms with van der Waals surface area (Å²) in [6, 6.07) is 5.84. The number of pyridine rings is 1. The Kier molecular flexibility index (Phi) is 2.77. The highest BCUT2D eigenvalue weighted by Gasteiger charge is 2.11. The molecule has 15 heavy (non-hydrogen) atoms. The largest absolute Gasteiger partial charge is 0.237 e. The number of aromatic nitrogens is 3. The molecule has 0 aromatic carbocycles. The molecule has 2 rings (SSSR count). The Balaban J connectivity index is 2.55. The molecule has 0 radical (unpaired) electrons. The van der Waals surface area contributed by atoms with Crippen molar-refractivity contribution >= 4 is 11.8 Å². The van der Waals surface area contributed by atoms with Gasteiger partial charge in [-0.25, -0.2) is 9.67 Å². The van der Waals surface area contributed by atoms with Crippen LogP contribution in [0.3, 0.4) is 0 Å². The van der Waals surface area contributed by atoms with Crippen LogP contribution in [0.4, 0.5) is 0 Å². The molecule has 2 aromatic rings. The van der Waals surface area contributed by atoms with E-state index < -0.39 is 0 Å². The summed E-state index contributed by atoms with van der Waals surface area (Å²) in [5.41, 5.74) is 2.21. The van der Waals surface area contributed by atoms with Gasteiger partial charge in [-0.3, -0.25) is 0 Å². The van der Waals surface area contributed by atoms with Gasteiger partial charge in [0.1, 0.15) is 0 Å². The fraction of sp³-hybridized carbons (Fsp3) is 0.273. The van der Waals surface area contributed by atoms with Crippen molar-refractivity contribution in [1.29, 1.82) is 0 Å². The maximum absolute atomic E-state index is 4.48. The molecule has 0 fully saturated rings. The number of hydrogen-bond donors (Lipinski definition) is 0. The van der Waals surface area contributed by atoms with Gasteiger partial charge < -0.3 is 0 Å². The quantitative estimate of drug-likeness (QED) is 0.727. The van der Waals surface area contributed by atoms with Gasteiger partial charge in [0.2, 0.25) is 0 Å². The normalized spacial score (nSPS) is 10.6. The maximum Gasteiger partial charge on any atom is 0.153 e. The summed E-state index contributed by atoms with van der Waals surface area (Å²) < 4.78 is 1.89. The van der Waals surface area contributed by atoms with E-state index in [2.05, 4.69) is 23.3 Å². The Labute approximate surface area is 93.5 Å². The van der Waals surface area contributed by atoms with Gasteiger partial charge >= 0.3 is 0 Å². The highest BCUT2D eigenvalue weighted by molar-refractivity contribution is 7.98. The zero-order valence-corrected chi connectivity index (χ0v) is 9.88. The molecule has 0 aliphatic carbocycles. The second-order valence-electron chi connectivity index (χ2n) is 3.30. The van der Waals surface area contributed by atoms with E-state index in [1.807, 2.05) is 29.8 Å². The molecule has 78 valence electrons. The third-order valence-electron chi connectivity index (χ3n) is 2.30. The third-order valence-corrected chi connectivity index (χ3v) is 3.29. The maximum atomic E-state index is 4.48. The molecular weight excluding hydrogens is 206 g/mol. The molecule has 0 saturated heterocycles. The first-order valence-corrected chi connectivity index (χ1v) is 5.98. The smallest absolute Gasteiger partial charge is 0.153 e. The highest BCUT2D eigenvalue weighted by atomic mass is 32.2. The number of hydrogen-bond acceptors (Lipinski definition) is 3. The molecule has 0 aliphatic heterocycles. The van der Waals surface area contributed by atoms with E-state index in [1.54, 1.807) is 18.0 Å². The first-order valence-electron chi connectivity index (χ1n) is 4.75. The van der Waals surface area contributed by atoms with Crippen molar-refractivity contribution in [3.63, 3.8) is 0 Å². The van der Waals surface area contributed by atoms with E-state index >= 15 is 0 Å². The summed E-state index contributed by atoms with van der Waals surface area (Å²) in [6.45, 7) is 4.10. The summed E-state index contributed by atoms with van der Waals surface area (Å²) in [6.07, 6.45) is 3.85. The van der Waals surface area contributed by atoms with Crippen molar-refractivity contribution in [3.8, 4) is 5.82 Å². The van der Waals surface area contributed by atoms with Crippen molar-refractivity contribution in [1.82, 2.24) is 14.8 Å². The lowest BCUT2D eigenvalue weighted by Gasteiger charge is -2.02. The molecule has 0 N–H and O–H groups in total. The van der Waals surface area contributed by atoms with Crippen molar-refractivity contribution in [2.75, 3.05) is 6.26 Å². The van der Waals surface area contributed by atoms with Gasteiger partial charge in [0, 0.05) is 6.20 Å². The van der Waals surface area contributed by atoms with Crippen LogP contribution in [0.15, 0.2) is 29.3 Å². The van der Waals surface area contributed by atoms with Crippen molar-refractivity contribution in [2.45, 2.75) is 18.7 Å². The van der Waals surface area contributed by atoms with Gasteiger partial charge in [0.25, 0.3) is 0 Å². The van der Waals surface area contributed by atoms with Gasteiger partial charge in [0.05, 0.1) is 16.3 Å². The standard InChI is InChI=1S/C11H13N3S/c1-8-11(15-3)9(2)14(13-8)10-6-4-5-7-12-10/h4-7H,1-3H3. The lowest BCUT2D eigenvalue weighted by molar-refractivity contribution is 0.805. The van der Waals surface area contributed by atoms with Crippen LogP contribution in [0.1, 0.15) is 11.4 Å². The Morgan fingerprint density at radius 1 is 1.27 bits per heavy atom. The predicted molar refractivity (Wildman–Crippen MR) is 62.6 cm³/mol. The summed E-state index contributed by atoms with van der Waals surface area (Å²) in [5.74, 6) is 0.874. The van der Waals surface area contributed by atoms with Gasteiger partial charge in [0.15, 0.2) is 5.82 Å². The minimum absolute atomic E-state index is 0.874. The van der Waals surface area contributed by atoms with Crippen molar-refractivity contribution < 1.29 is 0 Å². The van der Waals surface area contributed by atoms with Gasteiger partial charge in [-0.2, -0.15) is 5.10 Å². The second kappa shape index (κ2) is 4.06. The second-order valence-corrected chi connectivity index (χ2v) is 4.12. The Bertz CT molecular complexity index is 462. The van der Waals surface area contributed by atoms with E-state index in [1.165, 1.54) is 4.90 Å². The number of thioether (sulfide) groups is 1. The zero-order chi connectivity index (χ0) is 10.8. The molecule has 0 bridgehead atoms. The van der Waals surface area contributed by atoms with E-state index in [9.17, 15) is 0 Å². The van der Waals surface area contributed by atoms with E-state index in [4.69, 9.17) is 0 Å². The molecular formula is C11H13N3S. The van der Waals surface area contributed by atoms with E-state index in [-0.39, 0.29) is 0 Å². The van der Waals surface area contributed by atoms with Gasteiger partial charge in [-0.1, -0.05) is 6.07 Å². The topological polar surface area (TPSA) is 30.7 Å². The van der Waals surface area contributed by atoms with E-state index in [0.29, 0.717) is 0 Å². The number of aryl methyl sites for hydroxylation is 1. The number of rotatable bonds is 2. The van der Waals surface area contributed by atoms with E-state index in [0.717, 1.165) is 17.2 Å². The van der Waals surface area contributed by atoms with Crippen LogP contribution in [0.25, 0.3) is 5.82 Å². The lowest BCUT2D eigenvalue weighted by atomic mass is 10.4. The average Bonchev–Trinajstić information content (AvgIpc) is 2.55. The molecule has 2 heterocycles.